The van der Waals surface area contributed by atoms with Crippen LogP contribution in [0.25, 0.3) is 0 Å². The van der Waals surface area contributed by atoms with Crippen molar-refractivity contribution in [2.75, 3.05) is 26.2 Å². The molecule has 0 spiro atoms. The monoisotopic (exact) mass is 263 g/mol. The molecule has 4 heteroatoms. The molecule has 0 aliphatic carbocycles. The molecule has 4 nitrogen and oxygen atoms in total. The van der Waals surface area contributed by atoms with Gasteiger partial charge in [-0.15, -0.1) is 0 Å². The number of rotatable bonds is 6. The molecule has 1 N–H and O–H groups in total. The zero-order valence-electron chi connectivity index (χ0n) is 11.1. The third-order valence-corrected chi connectivity index (χ3v) is 3.48. The molecule has 1 aromatic rings. The number of carboxylic acids is 1. The van der Waals surface area contributed by atoms with Crippen LogP contribution in [0.4, 0.5) is 0 Å². The van der Waals surface area contributed by atoms with Gasteiger partial charge >= 0.3 is 5.97 Å². The first-order chi connectivity index (χ1) is 9.24. The molecule has 104 valence electrons. The van der Waals surface area contributed by atoms with Crippen molar-refractivity contribution in [3.63, 3.8) is 0 Å². The van der Waals surface area contributed by atoms with Gasteiger partial charge in [-0.05, 0) is 24.8 Å². The summed E-state index contributed by atoms with van der Waals surface area (Å²) in [5, 5.41) is 8.73. The highest BCUT2D eigenvalue weighted by Crippen LogP contribution is 2.14. The Morgan fingerprint density at radius 2 is 1.95 bits per heavy atom. The van der Waals surface area contributed by atoms with E-state index >= 15 is 0 Å². The number of carbonyl (C=O) groups is 1. The van der Waals surface area contributed by atoms with Crippen molar-refractivity contribution in [1.29, 1.82) is 0 Å². The Balaban J connectivity index is 1.62. The van der Waals surface area contributed by atoms with Crippen molar-refractivity contribution in [2.24, 2.45) is 0 Å². The van der Waals surface area contributed by atoms with E-state index in [-0.39, 0.29) is 12.6 Å². The lowest BCUT2D eigenvalue weighted by atomic mass is 10.1. The van der Waals surface area contributed by atoms with E-state index in [1.807, 2.05) is 23.1 Å². The molecule has 1 fully saturated rings. The van der Waals surface area contributed by atoms with E-state index in [2.05, 4.69) is 12.1 Å². The van der Waals surface area contributed by atoms with Gasteiger partial charge in [0.15, 0.2) is 0 Å². The van der Waals surface area contributed by atoms with Gasteiger partial charge in [0.25, 0.3) is 0 Å². The van der Waals surface area contributed by atoms with Crippen LogP contribution in [-0.4, -0.2) is 48.3 Å². The van der Waals surface area contributed by atoms with E-state index in [4.69, 9.17) is 9.84 Å². The SMILES string of the molecule is O=C(O)CN1CCC(OCCc2ccccc2)CC1. The van der Waals surface area contributed by atoms with Crippen LogP contribution in [0.5, 0.6) is 0 Å². The minimum atomic E-state index is -0.747. The third-order valence-electron chi connectivity index (χ3n) is 3.48. The van der Waals surface area contributed by atoms with Crippen LogP contribution in [0.1, 0.15) is 18.4 Å². The molecule has 0 radical (unpaired) electrons. The van der Waals surface area contributed by atoms with Gasteiger partial charge in [0.1, 0.15) is 0 Å². The number of nitrogens with zero attached hydrogens (tertiary/aromatic N) is 1. The molecule has 19 heavy (non-hydrogen) atoms. The summed E-state index contributed by atoms with van der Waals surface area (Å²) in [5.41, 5.74) is 1.30. The fourth-order valence-corrected chi connectivity index (χ4v) is 2.41. The van der Waals surface area contributed by atoms with Crippen LogP contribution < -0.4 is 0 Å². The second-order valence-corrected chi connectivity index (χ2v) is 4.98. The van der Waals surface area contributed by atoms with E-state index in [0.717, 1.165) is 39.0 Å². The number of likely N-dealkylation sites (tertiary alicyclic amines) is 1. The van der Waals surface area contributed by atoms with E-state index < -0.39 is 5.97 Å². The summed E-state index contributed by atoms with van der Waals surface area (Å²) in [7, 11) is 0. The van der Waals surface area contributed by atoms with Crippen molar-refractivity contribution < 1.29 is 14.6 Å². The van der Waals surface area contributed by atoms with Gasteiger partial charge in [-0.3, -0.25) is 9.69 Å². The van der Waals surface area contributed by atoms with Gasteiger partial charge in [-0.2, -0.15) is 0 Å². The number of piperidine rings is 1. The maximum atomic E-state index is 10.6. The van der Waals surface area contributed by atoms with E-state index in [9.17, 15) is 4.79 Å². The van der Waals surface area contributed by atoms with Crippen molar-refractivity contribution >= 4 is 5.97 Å². The largest absolute Gasteiger partial charge is 0.480 e. The number of benzene rings is 1. The Morgan fingerprint density at radius 3 is 2.58 bits per heavy atom. The first-order valence-corrected chi connectivity index (χ1v) is 6.84. The molecule has 0 unspecified atom stereocenters. The highest BCUT2D eigenvalue weighted by atomic mass is 16.5. The fraction of sp³-hybridized carbons (Fsp3) is 0.533. The van der Waals surface area contributed by atoms with Crippen molar-refractivity contribution in [3.8, 4) is 0 Å². The number of hydrogen-bond donors (Lipinski definition) is 1. The molecule has 0 aromatic heterocycles. The van der Waals surface area contributed by atoms with Crippen molar-refractivity contribution in [2.45, 2.75) is 25.4 Å². The van der Waals surface area contributed by atoms with Crippen LogP contribution in [0.15, 0.2) is 30.3 Å². The zero-order valence-corrected chi connectivity index (χ0v) is 11.1. The Bertz CT molecular complexity index is 386. The predicted molar refractivity (Wildman–Crippen MR) is 73.2 cm³/mol. The molecule has 0 bridgehead atoms. The minimum absolute atomic E-state index is 0.150. The summed E-state index contributed by atoms with van der Waals surface area (Å²) in [4.78, 5) is 12.6. The summed E-state index contributed by atoms with van der Waals surface area (Å²) in [6.07, 6.45) is 3.09. The van der Waals surface area contributed by atoms with Crippen molar-refractivity contribution in [3.05, 3.63) is 35.9 Å². The number of carboxylic acid groups (broad SMARTS) is 1. The normalized spacial score (nSPS) is 17.5. The molecule has 1 aromatic carbocycles. The van der Waals surface area contributed by atoms with Gasteiger partial charge < -0.3 is 9.84 Å². The molecule has 0 atom stereocenters. The number of hydrogen-bond acceptors (Lipinski definition) is 3. The first kappa shape index (κ1) is 14.0. The summed E-state index contributed by atoms with van der Waals surface area (Å²) in [6.45, 7) is 2.54. The molecule has 1 heterocycles. The average Bonchev–Trinajstić information content (AvgIpc) is 2.41. The molecule has 0 amide bonds. The highest BCUT2D eigenvalue weighted by Gasteiger charge is 2.20. The predicted octanol–water partition coefficient (Wildman–Crippen LogP) is 1.79. The van der Waals surface area contributed by atoms with Crippen LogP contribution in [0.3, 0.4) is 0 Å². The van der Waals surface area contributed by atoms with Gasteiger partial charge in [0.05, 0.1) is 19.3 Å². The Hall–Kier alpha value is -1.39. The molecule has 2 rings (SSSR count). The fourth-order valence-electron chi connectivity index (χ4n) is 2.41. The second-order valence-electron chi connectivity index (χ2n) is 4.98. The average molecular weight is 263 g/mol. The lowest BCUT2D eigenvalue weighted by Gasteiger charge is -2.30. The van der Waals surface area contributed by atoms with Crippen LogP contribution in [0, 0.1) is 0 Å². The van der Waals surface area contributed by atoms with Crippen LogP contribution in [-0.2, 0) is 16.0 Å². The lowest BCUT2D eigenvalue weighted by Crippen LogP contribution is -2.40. The molecular formula is C15H21NO3. The highest BCUT2D eigenvalue weighted by molar-refractivity contribution is 5.69. The Kier molecular flexibility index (Phi) is 5.36. The van der Waals surface area contributed by atoms with Gasteiger partial charge in [0.2, 0.25) is 0 Å². The molecule has 1 aliphatic rings. The summed E-state index contributed by atoms with van der Waals surface area (Å²) in [6, 6.07) is 10.3. The standard InChI is InChI=1S/C15H21NO3/c17-15(18)12-16-9-6-14(7-10-16)19-11-8-13-4-2-1-3-5-13/h1-5,14H,6-12H2,(H,17,18). The van der Waals surface area contributed by atoms with E-state index in [0.29, 0.717) is 0 Å². The smallest absolute Gasteiger partial charge is 0.317 e. The van der Waals surface area contributed by atoms with Gasteiger partial charge in [-0.25, -0.2) is 0 Å². The van der Waals surface area contributed by atoms with E-state index in [1.165, 1.54) is 5.56 Å². The van der Waals surface area contributed by atoms with E-state index in [1.54, 1.807) is 0 Å². The maximum Gasteiger partial charge on any atom is 0.317 e. The quantitative estimate of drug-likeness (QED) is 0.850. The summed E-state index contributed by atoms with van der Waals surface area (Å²) in [5.74, 6) is -0.747. The minimum Gasteiger partial charge on any atom is -0.480 e. The molecule has 0 saturated carbocycles. The summed E-state index contributed by atoms with van der Waals surface area (Å²) >= 11 is 0. The number of ether oxygens (including phenoxy) is 1. The lowest BCUT2D eigenvalue weighted by molar-refractivity contribution is -0.139. The van der Waals surface area contributed by atoms with Gasteiger partial charge in [0, 0.05) is 13.1 Å². The second kappa shape index (κ2) is 7.26. The Morgan fingerprint density at radius 1 is 1.26 bits per heavy atom. The molecular weight excluding hydrogens is 242 g/mol. The van der Waals surface area contributed by atoms with Gasteiger partial charge in [-0.1, -0.05) is 30.3 Å². The Labute approximate surface area is 114 Å². The van der Waals surface area contributed by atoms with Crippen LogP contribution in [0.2, 0.25) is 0 Å². The topological polar surface area (TPSA) is 49.8 Å². The van der Waals surface area contributed by atoms with Crippen molar-refractivity contribution in [1.82, 2.24) is 4.90 Å². The zero-order chi connectivity index (χ0) is 13.5. The number of aliphatic carboxylic acids is 1. The summed E-state index contributed by atoms with van der Waals surface area (Å²) < 4.78 is 5.87. The molecule has 1 aliphatic heterocycles. The molecule has 1 saturated heterocycles. The first-order valence-electron chi connectivity index (χ1n) is 6.84. The third kappa shape index (κ3) is 5.01. The maximum absolute atomic E-state index is 10.6. The van der Waals surface area contributed by atoms with Crippen LogP contribution >= 0.6 is 0 Å².